The maximum Gasteiger partial charge on any atom is 0.273 e. The minimum atomic E-state index is -0.0917. The third-order valence-corrected chi connectivity index (χ3v) is 5.70. The first-order chi connectivity index (χ1) is 11.8. The number of carbonyl (C=O) groups is 1. The van der Waals surface area contributed by atoms with Crippen molar-refractivity contribution in [1.29, 1.82) is 0 Å². The van der Waals surface area contributed by atoms with E-state index in [0.29, 0.717) is 11.6 Å². The average molecular weight is 333 g/mol. The number of likely N-dealkylation sites (tertiary alicyclic amines) is 1. The highest BCUT2D eigenvalue weighted by Gasteiger charge is 2.29. The summed E-state index contributed by atoms with van der Waals surface area (Å²) >= 11 is 0. The summed E-state index contributed by atoms with van der Waals surface area (Å²) < 4.78 is 7.15. The summed E-state index contributed by atoms with van der Waals surface area (Å²) in [5.41, 5.74) is 0.426. The van der Waals surface area contributed by atoms with Crippen LogP contribution in [0.15, 0.2) is 6.20 Å². The van der Waals surface area contributed by atoms with Crippen molar-refractivity contribution in [3.05, 3.63) is 11.9 Å². The third kappa shape index (κ3) is 3.62. The lowest BCUT2D eigenvalue weighted by Gasteiger charge is -2.41. The summed E-state index contributed by atoms with van der Waals surface area (Å²) in [6.45, 7) is 4.58. The van der Waals surface area contributed by atoms with Crippen molar-refractivity contribution in [3.8, 4) is 0 Å². The Labute approximate surface area is 142 Å². The average Bonchev–Trinajstić information content (AvgIpc) is 3.20. The molecule has 1 saturated carbocycles. The zero-order valence-corrected chi connectivity index (χ0v) is 14.2. The van der Waals surface area contributed by atoms with Gasteiger partial charge in [0, 0.05) is 44.2 Å². The maximum atomic E-state index is 12.4. The summed E-state index contributed by atoms with van der Waals surface area (Å²) in [7, 11) is 0. The number of nitrogens with one attached hydrogen (secondary N) is 1. The molecule has 1 atom stereocenters. The zero-order chi connectivity index (χ0) is 16.4. The predicted molar refractivity (Wildman–Crippen MR) is 88.6 cm³/mol. The molecule has 0 spiro atoms. The number of aromatic nitrogens is 3. The molecule has 1 aliphatic carbocycles. The zero-order valence-electron chi connectivity index (χ0n) is 14.2. The molecular weight excluding hydrogens is 306 g/mol. The van der Waals surface area contributed by atoms with E-state index in [4.69, 9.17) is 4.74 Å². The van der Waals surface area contributed by atoms with E-state index in [2.05, 4.69) is 20.5 Å². The van der Waals surface area contributed by atoms with Gasteiger partial charge >= 0.3 is 0 Å². The molecule has 7 heteroatoms. The van der Waals surface area contributed by atoms with Crippen molar-refractivity contribution in [1.82, 2.24) is 25.2 Å². The Morgan fingerprint density at radius 2 is 2.08 bits per heavy atom. The number of hydrogen-bond acceptors (Lipinski definition) is 5. The van der Waals surface area contributed by atoms with Crippen LogP contribution in [0.5, 0.6) is 0 Å². The van der Waals surface area contributed by atoms with Crippen LogP contribution in [0.2, 0.25) is 0 Å². The largest absolute Gasteiger partial charge is 0.381 e. The Morgan fingerprint density at radius 3 is 2.75 bits per heavy atom. The minimum Gasteiger partial charge on any atom is -0.381 e. The van der Waals surface area contributed by atoms with Crippen molar-refractivity contribution in [2.75, 3.05) is 26.3 Å². The lowest BCUT2D eigenvalue weighted by atomic mass is 9.89. The van der Waals surface area contributed by atoms with Crippen LogP contribution in [-0.2, 0) is 11.3 Å². The van der Waals surface area contributed by atoms with Crippen LogP contribution in [0.4, 0.5) is 0 Å². The van der Waals surface area contributed by atoms with Crippen molar-refractivity contribution in [2.24, 2.45) is 5.92 Å². The van der Waals surface area contributed by atoms with Crippen LogP contribution in [0, 0.1) is 5.92 Å². The highest BCUT2D eigenvalue weighted by atomic mass is 16.5. The van der Waals surface area contributed by atoms with Gasteiger partial charge < -0.3 is 15.0 Å². The van der Waals surface area contributed by atoms with Crippen molar-refractivity contribution < 1.29 is 9.53 Å². The summed E-state index contributed by atoms with van der Waals surface area (Å²) in [6.07, 6.45) is 8.98. The number of hydrogen-bond donors (Lipinski definition) is 1. The topological polar surface area (TPSA) is 72.3 Å². The van der Waals surface area contributed by atoms with E-state index in [-0.39, 0.29) is 11.9 Å². The maximum absolute atomic E-state index is 12.4. The fourth-order valence-electron chi connectivity index (χ4n) is 3.90. The molecule has 1 N–H and O–H groups in total. The molecule has 0 aromatic carbocycles. The normalized spacial score (nSPS) is 26.4. The molecule has 4 rings (SSSR count). The Bertz CT molecular complexity index is 557. The van der Waals surface area contributed by atoms with E-state index < -0.39 is 0 Å². The van der Waals surface area contributed by atoms with Gasteiger partial charge in [0.15, 0.2) is 5.69 Å². The first-order valence-electron chi connectivity index (χ1n) is 9.31. The van der Waals surface area contributed by atoms with Crippen molar-refractivity contribution in [3.63, 3.8) is 0 Å². The second-order valence-electron chi connectivity index (χ2n) is 7.42. The third-order valence-electron chi connectivity index (χ3n) is 5.70. The van der Waals surface area contributed by atoms with E-state index in [9.17, 15) is 4.79 Å². The van der Waals surface area contributed by atoms with Gasteiger partial charge in [-0.3, -0.25) is 9.48 Å². The Kier molecular flexibility index (Phi) is 4.80. The minimum absolute atomic E-state index is 0.0917. The van der Waals surface area contributed by atoms with E-state index in [0.717, 1.165) is 58.2 Å². The standard InChI is InChI=1S/C17H27N5O2/c23-17(16-11-22(20-19-16)10-13-6-9-24-12-13)18-14-4-7-21(8-5-14)15-2-1-3-15/h11,13-15H,1-10,12H2,(H,18,23). The molecular formula is C17H27N5O2. The first-order valence-corrected chi connectivity index (χ1v) is 9.31. The number of piperidine rings is 1. The highest BCUT2D eigenvalue weighted by molar-refractivity contribution is 5.92. The van der Waals surface area contributed by atoms with E-state index >= 15 is 0 Å². The summed E-state index contributed by atoms with van der Waals surface area (Å²) in [6, 6.07) is 1.07. The van der Waals surface area contributed by atoms with Gasteiger partial charge in [0.2, 0.25) is 0 Å². The van der Waals surface area contributed by atoms with Gasteiger partial charge in [0.05, 0.1) is 12.8 Å². The molecule has 1 aromatic rings. The molecule has 1 aromatic heterocycles. The Balaban J connectivity index is 1.24. The SMILES string of the molecule is O=C(NC1CCN(C2CCC2)CC1)c1cn(CC2CCOC2)nn1. The molecule has 0 radical (unpaired) electrons. The number of amides is 1. The van der Waals surface area contributed by atoms with Gasteiger partial charge in [-0.05, 0) is 32.1 Å². The van der Waals surface area contributed by atoms with Crippen molar-refractivity contribution in [2.45, 2.75) is 57.2 Å². The van der Waals surface area contributed by atoms with Gasteiger partial charge in [-0.25, -0.2) is 0 Å². The molecule has 3 aliphatic rings. The van der Waals surface area contributed by atoms with E-state index in [1.54, 1.807) is 10.9 Å². The monoisotopic (exact) mass is 333 g/mol. The lowest BCUT2D eigenvalue weighted by Crippen LogP contribution is -2.49. The van der Waals surface area contributed by atoms with Gasteiger partial charge in [-0.1, -0.05) is 11.6 Å². The predicted octanol–water partition coefficient (Wildman–Crippen LogP) is 1.06. The number of rotatable bonds is 5. The van der Waals surface area contributed by atoms with Crippen LogP contribution in [0.25, 0.3) is 0 Å². The molecule has 0 bridgehead atoms. The van der Waals surface area contributed by atoms with Crippen LogP contribution >= 0.6 is 0 Å². The summed E-state index contributed by atoms with van der Waals surface area (Å²) in [5.74, 6) is 0.393. The lowest BCUT2D eigenvalue weighted by molar-refractivity contribution is 0.0797. The van der Waals surface area contributed by atoms with Gasteiger partial charge in [0.1, 0.15) is 0 Å². The van der Waals surface area contributed by atoms with E-state index in [1.807, 2.05) is 0 Å². The van der Waals surface area contributed by atoms with Gasteiger partial charge in [0.25, 0.3) is 5.91 Å². The molecule has 1 unspecified atom stereocenters. The van der Waals surface area contributed by atoms with E-state index in [1.165, 1.54) is 19.3 Å². The smallest absolute Gasteiger partial charge is 0.273 e. The highest BCUT2D eigenvalue weighted by Crippen LogP contribution is 2.27. The molecule has 2 aliphatic heterocycles. The Hall–Kier alpha value is -1.47. The number of ether oxygens (including phenoxy) is 1. The first kappa shape index (κ1) is 16.0. The Morgan fingerprint density at radius 1 is 1.25 bits per heavy atom. The molecule has 3 fully saturated rings. The second kappa shape index (κ2) is 7.19. The number of nitrogens with zero attached hydrogens (tertiary/aromatic N) is 4. The van der Waals surface area contributed by atoms with Gasteiger partial charge in [-0.15, -0.1) is 5.10 Å². The fraction of sp³-hybridized carbons (Fsp3) is 0.824. The van der Waals surface area contributed by atoms with Crippen LogP contribution in [0.1, 0.15) is 49.0 Å². The molecule has 2 saturated heterocycles. The van der Waals surface area contributed by atoms with Gasteiger partial charge in [-0.2, -0.15) is 0 Å². The number of carbonyl (C=O) groups excluding carboxylic acids is 1. The molecule has 1 amide bonds. The van der Waals surface area contributed by atoms with Crippen LogP contribution < -0.4 is 5.32 Å². The summed E-state index contributed by atoms with van der Waals surface area (Å²) in [4.78, 5) is 15.0. The molecule has 132 valence electrons. The molecule has 3 heterocycles. The fourth-order valence-corrected chi connectivity index (χ4v) is 3.90. The second-order valence-corrected chi connectivity index (χ2v) is 7.42. The van der Waals surface area contributed by atoms with Crippen LogP contribution in [0.3, 0.4) is 0 Å². The molecule has 24 heavy (non-hydrogen) atoms. The van der Waals surface area contributed by atoms with Crippen molar-refractivity contribution >= 4 is 5.91 Å². The van der Waals surface area contributed by atoms with Crippen LogP contribution in [-0.4, -0.2) is 64.2 Å². The summed E-state index contributed by atoms with van der Waals surface area (Å²) in [5, 5.41) is 11.3. The quantitative estimate of drug-likeness (QED) is 0.872. The molecule has 7 nitrogen and oxygen atoms in total.